The molecule has 2 bridgehead atoms. The number of thiophene rings is 1. The molecule has 3 atom stereocenters. The summed E-state index contributed by atoms with van der Waals surface area (Å²) < 4.78 is 0. The smallest absolute Gasteiger partial charge is 0.226 e. The molecule has 5 heteroatoms. The van der Waals surface area contributed by atoms with Crippen LogP contribution >= 0.6 is 23.7 Å². The van der Waals surface area contributed by atoms with E-state index in [4.69, 9.17) is 5.73 Å². The van der Waals surface area contributed by atoms with E-state index >= 15 is 0 Å². The maximum atomic E-state index is 13.1. The van der Waals surface area contributed by atoms with Crippen molar-refractivity contribution in [2.75, 3.05) is 6.54 Å². The van der Waals surface area contributed by atoms with Gasteiger partial charge in [-0.05, 0) is 61.8 Å². The number of likely N-dealkylation sites (tertiary alicyclic amines) is 1. The van der Waals surface area contributed by atoms with Crippen molar-refractivity contribution in [1.82, 2.24) is 4.90 Å². The van der Waals surface area contributed by atoms with Crippen LogP contribution in [0.1, 0.15) is 55.9 Å². The summed E-state index contributed by atoms with van der Waals surface area (Å²) in [5.41, 5.74) is 6.38. The number of fused-ring (bicyclic) bond motifs is 2. The van der Waals surface area contributed by atoms with E-state index in [-0.39, 0.29) is 18.3 Å². The van der Waals surface area contributed by atoms with Crippen LogP contribution in [0.25, 0.3) is 0 Å². The molecule has 0 spiro atoms. The van der Waals surface area contributed by atoms with E-state index in [1.54, 1.807) is 11.3 Å². The molecule has 4 rings (SSSR count). The average Bonchev–Trinajstić information content (AvgIpc) is 3.17. The van der Waals surface area contributed by atoms with Crippen LogP contribution in [0.15, 0.2) is 17.5 Å². The standard InChI is InChI=1S/C18H26N2OS.ClH/c19-17-12-4-1-5-13(17)11-14(10-12)18(21)20-8-2-6-15(20)16-7-3-9-22-16;/h3,7,9,12-15,17H,1-2,4-6,8,10-11,19H2;1H. The Hall–Kier alpha value is -0.580. The third-order valence-corrected chi connectivity index (χ3v) is 7.14. The summed E-state index contributed by atoms with van der Waals surface area (Å²) in [6.07, 6.45) is 8.12. The maximum absolute atomic E-state index is 13.1. The van der Waals surface area contributed by atoms with Crippen molar-refractivity contribution in [3.8, 4) is 0 Å². The van der Waals surface area contributed by atoms with Gasteiger partial charge in [0.15, 0.2) is 0 Å². The van der Waals surface area contributed by atoms with Crippen molar-refractivity contribution in [3.63, 3.8) is 0 Å². The number of rotatable bonds is 2. The van der Waals surface area contributed by atoms with Crippen LogP contribution in [0.4, 0.5) is 0 Å². The van der Waals surface area contributed by atoms with Crippen LogP contribution in [-0.4, -0.2) is 23.4 Å². The van der Waals surface area contributed by atoms with Crippen molar-refractivity contribution in [2.24, 2.45) is 23.5 Å². The Bertz CT molecular complexity index is 521. The minimum atomic E-state index is 0. The van der Waals surface area contributed by atoms with Gasteiger partial charge in [-0.1, -0.05) is 12.5 Å². The molecular formula is C18H27ClN2OS. The van der Waals surface area contributed by atoms with Gasteiger partial charge in [-0.25, -0.2) is 0 Å². The topological polar surface area (TPSA) is 46.3 Å². The number of nitrogens with two attached hydrogens (primary N) is 1. The van der Waals surface area contributed by atoms with Crippen LogP contribution in [0.2, 0.25) is 0 Å². The zero-order valence-electron chi connectivity index (χ0n) is 13.5. The second kappa shape index (κ2) is 7.12. The second-order valence-corrected chi connectivity index (χ2v) is 8.38. The predicted molar refractivity (Wildman–Crippen MR) is 96.8 cm³/mol. The molecule has 128 valence electrons. The number of nitrogens with zero attached hydrogens (tertiary/aromatic N) is 1. The van der Waals surface area contributed by atoms with E-state index in [9.17, 15) is 4.79 Å². The van der Waals surface area contributed by atoms with Gasteiger partial charge in [0, 0.05) is 23.4 Å². The summed E-state index contributed by atoms with van der Waals surface area (Å²) in [7, 11) is 0. The Morgan fingerprint density at radius 2 is 1.91 bits per heavy atom. The molecule has 3 aliphatic rings. The number of halogens is 1. The van der Waals surface area contributed by atoms with Crippen molar-refractivity contribution in [3.05, 3.63) is 22.4 Å². The van der Waals surface area contributed by atoms with E-state index in [1.807, 2.05) is 0 Å². The Morgan fingerprint density at radius 3 is 2.57 bits per heavy atom. The molecule has 1 amide bonds. The van der Waals surface area contributed by atoms with E-state index in [0.29, 0.717) is 29.8 Å². The molecule has 0 radical (unpaired) electrons. The molecule has 1 aromatic rings. The molecule has 1 saturated heterocycles. The number of amides is 1. The minimum Gasteiger partial charge on any atom is -0.335 e. The molecule has 2 N–H and O–H groups in total. The monoisotopic (exact) mass is 354 g/mol. The molecular weight excluding hydrogens is 328 g/mol. The lowest BCUT2D eigenvalue weighted by Crippen LogP contribution is -2.49. The average molecular weight is 355 g/mol. The predicted octanol–water partition coefficient (Wildman–Crippen LogP) is 3.99. The highest BCUT2D eigenvalue weighted by atomic mass is 35.5. The Labute approximate surface area is 149 Å². The molecule has 1 aromatic heterocycles. The number of hydrogen-bond acceptors (Lipinski definition) is 3. The molecule has 3 fully saturated rings. The zero-order chi connectivity index (χ0) is 15.1. The van der Waals surface area contributed by atoms with Crippen LogP contribution in [0, 0.1) is 17.8 Å². The van der Waals surface area contributed by atoms with Gasteiger partial charge in [0.2, 0.25) is 5.91 Å². The summed E-state index contributed by atoms with van der Waals surface area (Å²) in [6, 6.07) is 4.98. The number of hydrogen-bond donors (Lipinski definition) is 1. The first-order valence-electron chi connectivity index (χ1n) is 8.83. The highest BCUT2D eigenvalue weighted by Crippen LogP contribution is 2.44. The van der Waals surface area contributed by atoms with Gasteiger partial charge in [-0.2, -0.15) is 0 Å². The quantitative estimate of drug-likeness (QED) is 0.872. The maximum Gasteiger partial charge on any atom is 0.226 e. The number of carbonyl (C=O) groups excluding carboxylic acids is 1. The molecule has 1 aliphatic heterocycles. The molecule has 2 saturated carbocycles. The molecule has 0 aromatic carbocycles. The SMILES string of the molecule is Cl.NC1C2CCCC1CC(C(=O)N1CCCC1c1cccs1)C2. The van der Waals surface area contributed by atoms with Crippen molar-refractivity contribution in [1.29, 1.82) is 0 Å². The second-order valence-electron chi connectivity index (χ2n) is 7.40. The highest BCUT2D eigenvalue weighted by molar-refractivity contribution is 7.10. The third kappa shape index (κ3) is 3.18. The lowest BCUT2D eigenvalue weighted by molar-refractivity contribution is -0.139. The fourth-order valence-corrected chi connectivity index (χ4v) is 5.91. The van der Waals surface area contributed by atoms with Gasteiger partial charge in [0.25, 0.3) is 0 Å². The largest absolute Gasteiger partial charge is 0.335 e. The first kappa shape index (κ1) is 17.2. The van der Waals surface area contributed by atoms with Gasteiger partial charge in [0.05, 0.1) is 6.04 Å². The molecule has 3 unspecified atom stereocenters. The summed E-state index contributed by atoms with van der Waals surface area (Å²) in [6.45, 7) is 0.944. The third-order valence-electron chi connectivity index (χ3n) is 6.17. The van der Waals surface area contributed by atoms with E-state index < -0.39 is 0 Å². The van der Waals surface area contributed by atoms with Gasteiger partial charge >= 0.3 is 0 Å². The van der Waals surface area contributed by atoms with Crippen LogP contribution < -0.4 is 5.73 Å². The molecule has 3 nitrogen and oxygen atoms in total. The fraction of sp³-hybridized carbons (Fsp3) is 0.722. The van der Waals surface area contributed by atoms with Gasteiger partial charge in [-0.3, -0.25) is 4.79 Å². The normalized spacial score (nSPS) is 36.6. The van der Waals surface area contributed by atoms with E-state index in [2.05, 4.69) is 22.4 Å². The lowest BCUT2D eigenvalue weighted by Gasteiger charge is -2.44. The fourth-order valence-electron chi connectivity index (χ4n) is 5.03. The summed E-state index contributed by atoms with van der Waals surface area (Å²) in [4.78, 5) is 16.7. The van der Waals surface area contributed by atoms with Gasteiger partial charge in [0.1, 0.15) is 0 Å². The number of carbonyl (C=O) groups is 1. The van der Waals surface area contributed by atoms with Gasteiger partial charge in [-0.15, -0.1) is 23.7 Å². The van der Waals surface area contributed by atoms with Crippen LogP contribution in [-0.2, 0) is 4.79 Å². The first-order chi connectivity index (χ1) is 10.7. The zero-order valence-corrected chi connectivity index (χ0v) is 15.2. The van der Waals surface area contributed by atoms with Gasteiger partial charge < -0.3 is 10.6 Å². The summed E-state index contributed by atoms with van der Waals surface area (Å²) in [5.74, 6) is 1.82. The van der Waals surface area contributed by atoms with Crippen LogP contribution in [0.3, 0.4) is 0 Å². The highest BCUT2D eigenvalue weighted by Gasteiger charge is 2.43. The van der Waals surface area contributed by atoms with Crippen molar-refractivity contribution < 1.29 is 4.79 Å². The van der Waals surface area contributed by atoms with Crippen LogP contribution in [0.5, 0.6) is 0 Å². The summed E-state index contributed by atoms with van der Waals surface area (Å²) >= 11 is 1.79. The summed E-state index contributed by atoms with van der Waals surface area (Å²) in [5, 5.41) is 2.13. The molecule has 2 aliphatic carbocycles. The Morgan fingerprint density at radius 1 is 1.17 bits per heavy atom. The van der Waals surface area contributed by atoms with E-state index in [0.717, 1.165) is 32.2 Å². The molecule has 2 heterocycles. The van der Waals surface area contributed by atoms with E-state index in [1.165, 1.54) is 24.1 Å². The van der Waals surface area contributed by atoms with Crippen molar-refractivity contribution in [2.45, 2.75) is 57.0 Å². The Kier molecular flexibility index (Phi) is 5.34. The minimum absolute atomic E-state index is 0. The Balaban J connectivity index is 0.00000156. The van der Waals surface area contributed by atoms with Crippen molar-refractivity contribution >= 4 is 29.7 Å². The first-order valence-corrected chi connectivity index (χ1v) is 9.71. The molecule has 23 heavy (non-hydrogen) atoms. The lowest BCUT2D eigenvalue weighted by atomic mass is 9.65.